The summed E-state index contributed by atoms with van der Waals surface area (Å²) in [6.45, 7) is 4.89. The van der Waals surface area contributed by atoms with Gasteiger partial charge in [0.25, 0.3) is 5.56 Å². The predicted molar refractivity (Wildman–Crippen MR) is 129 cm³/mol. The summed E-state index contributed by atoms with van der Waals surface area (Å²) < 4.78 is 20.2. The molecule has 174 valence electrons. The van der Waals surface area contributed by atoms with Crippen molar-refractivity contribution in [3.05, 3.63) is 70.3 Å². The number of aromatic nitrogens is 2. The molecular weight excluding hydrogens is 441 g/mol. The highest BCUT2D eigenvalue weighted by Crippen LogP contribution is 2.20. The number of thioether (sulfide) groups is 1. The number of fused-ring (bicyclic) bond motifs is 1. The number of hydrogen-bond donors (Lipinski definition) is 0. The molecule has 0 bridgehead atoms. The van der Waals surface area contributed by atoms with Gasteiger partial charge in [0.15, 0.2) is 10.9 Å². The average molecular weight is 470 g/mol. The van der Waals surface area contributed by atoms with E-state index in [9.17, 15) is 14.0 Å². The van der Waals surface area contributed by atoms with Crippen molar-refractivity contribution in [2.24, 2.45) is 0 Å². The lowest BCUT2D eigenvalue weighted by molar-refractivity contribution is 0.0368. The van der Waals surface area contributed by atoms with E-state index < -0.39 is 0 Å². The maximum absolute atomic E-state index is 13.2. The molecule has 0 radical (unpaired) electrons. The van der Waals surface area contributed by atoms with E-state index in [4.69, 9.17) is 9.72 Å². The zero-order valence-electron chi connectivity index (χ0n) is 18.5. The summed E-state index contributed by atoms with van der Waals surface area (Å²) in [6, 6.07) is 13.1. The Hall–Kier alpha value is -2.55. The number of benzene rings is 2. The normalized spacial score (nSPS) is 14.6. The average Bonchev–Trinajstić information content (AvgIpc) is 2.84. The summed E-state index contributed by atoms with van der Waals surface area (Å²) in [5, 5.41) is 1.31. The number of halogens is 1. The first-order chi connectivity index (χ1) is 16.1. The van der Waals surface area contributed by atoms with Crippen molar-refractivity contribution in [1.29, 1.82) is 0 Å². The Balaban J connectivity index is 1.40. The molecule has 1 aromatic heterocycles. The Bertz CT molecular complexity index is 1140. The first kappa shape index (κ1) is 23.6. The molecule has 6 nitrogen and oxygen atoms in total. The number of para-hydroxylation sites is 1. The first-order valence-corrected chi connectivity index (χ1v) is 12.3. The molecule has 3 aromatic rings. The van der Waals surface area contributed by atoms with Crippen LogP contribution in [0.25, 0.3) is 10.9 Å². The summed E-state index contributed by atoms with van der Waals surface area (Å²) in [5.74, 6) is 0.308. The second-order valence-electron chi connectivity index (χ2n) is 8.06. The Morgan fingerprint density at radius 2 is 1.79 bits per heavy atom. The molecule has 1 aliphatic rings. The maximum Gasteiger partial charge on any atom is 0.262 e. The predicted octanol–water partition coefficient (Wildman–Crippen LogP) is 4.01. The lowest BCUT2D eigenvalue weighted by Gasteiger charge is -2.26. The largest absolute Gasteiger partial charge is 0.379 e. The molecule has 0 amide bonds. The minimum atomic E-state index is -0.351. The van der Waals surface area contributed by atoms with Gasteiger partial charge in [-0.25, -0.2) is 9.37 Å². The molecule has 1 fully saturated rings. The van der Waals surface area contributed by atoms with Crippen LogP contribution in [-0.2, 0) is 11.3 Å². The quantitative estimate of drug-likeness (QED) is 0.193. The van der Waals surface area contributed by atoms with Crippen LogP contribution in [0.5, 0.6) is 0 Å². The number of rotatable bonds is 10. The van der Waals surface area contributed by atoms with Crippen LogP contribution >= 0.6 is 11.8 Å². The molecule has 0 spiro atoms. The van der Waals surface area contributed by atoms with Gasteiger partial charge in [-0.3, -0.25) is 19.1 Å². The summed E-state index contributed by atoms with van der Waals surface area (Å²) >= 11 is 1.51. The first-order valence-electron chi connectivity index (χ1n) is 11.3. The van der Waals surface area contributed by atoms with E-state index in [2.05, 4.69) is 4.90 Å². The number of hydrogen-bond acceptors (Lipinski definition) is 6. The van der Waals surface area contributed by atoms with E-state index in [0.29, 0.717) is 46.8 Å². The minimum Gasteiger partial charge on any atom is -0.379 e. The Morgan fingerprint density at radius 1 is 1.03 bits per heavy atom. The molecule has 2 heterocycles. The van der Waals surface area contributed by atoms with E-state index >= 15 is 0 Å². The Morgan fingerprint density at radius 3 is 2.58 bits per heavy atom. The molecule has 2 aromatic carbocycles. The van der Waals surface area contributed by atoms with Gasteiger partial charge in [-0.15, -0.1) is 0 Å². The van der Waals surface area contributed by atoms with Crippen LogP contribution in [0, 0.1) is 5.82 Å². The second kappa shape index (κ2) is 11.5. The standard InChI is InChI=1S/C25H28FN3O3S/c26-20-10-8-19(9-11-20)23(30)7-3-18-33-25-27-22-6-2-1-5-21(22)24(31)29(25)13-4-12-28-14-16-32-17-15-28/h1-2,5-6,8-11H,3-4,7,12-18H2. The lowest BCUT2D eigenvalue weighted by Crippen LogP contribution is -2.37. The molecule has 0 unspecified atom stereocenters. The number of nitrogens with zero attached hydrogens (tertiary/aromatic N) is 3. The molecule has 0 N–H and O–H groups in total. The highest BCUT2D eigenvalue weighted by molar-refractivity contribution is 7.99. The van der Waals surface area contributed by atoms with Crippen LogP contribution < -0.4 is 5.56 Å². The third-order valence-corrected chi connectivity index (χ3v) is 6.79. The van der Waals surface area contributed by atoms with E-state index in [-0.39, 0.29) is 17.2 Å². The fraction of sp³-hybridized carbons (Fsp3) is 0.400. The number of ketones is 1. The lowest BCUT2D eigenvalue weighted by atomic mass is 10.1. The Kier molecular flexibility index (Phi) is 8.25. The van der Waals surface area contributed by atoms with Crippen molar-refractivity contribution in [3.63, 3.8) is 0 Å². The number of Topliss-reactive ketones (excluding diaryl/α,β-unsaturated/α-hetero) is 1. The number of carbonyl (C=O) groups is 1. The molecule has 0 saturated carbocycles. The van der Waals surface area contributed by atoms with Crippen LogP contribution in [0.1, 0.15) is 29.6 Å². The van der Waals surface area contributed by atoms with Crippen molar-refractivity contribution >= 4 is 28.4 Å². The van der Waals surface area contributed by atoms with Crippen LogP contribution in [0.15, 0.2) is 58.5 Å². The number of morpholine rings is 1. The molecule has 0 atom stereocenters. The second-order valence-corrected chi connectivity index (χ2v) is 9.12. The Labute approximate surface area is 196 Å². The molecule has 1 saturated heterocycles. The van der Waals surface area contributed by atoms with Gasteiger partial charge in [0.05, 0.1) is 24.1 Å². The molecular formula is C25H28FN3O3S. The van der Waals surface area contributed by atoms with Crippen LogP contribution in [-0.4, -0.2) is 58.8 Å². The number of carbonyl (C=O) groups excluding carboxylic acids is 1. The van der Waals surface area contributed by atoms with Gasteiger partial charge in [0.1, 0.15) is 5.82 Å². The van der Waals surface area contributed by atoms with Gasteiger partial charge in [-0.05, 0) is 49.2 Å². The zero-order chi connectivity index (χ0) is 23.0. The van der Waals surface area contributed by atoms with Gasteiger partial charge in [-0.1, -0.05) is 23.9 Å². The van der Waals surface area contributed by atoms with E-state index in [1.807, 2.05) is 24.3 Å². The maximum atomic E-state index is 13.2. The van der Waals surface area contributed by atoms with Crippen molar-refractivity contribution in [1.82, 2.24) is 14.5 Å². The van der Waals surface area contributed by atoms with E-state index in [1.165, 1.54) is 36.0 Å². The summed E-state index contributed by atoms with van der Waals surface area (Å²) in [7, 11) is 0. The topological polar surface area (TPSA) is 64.4 Å². The summed E-state index contributed by atoms with van der Waals surface area (Å²) in [5.41, 5.74) is 1.19. The highest BCUT2D eigenvalue weighted by Gasteiger charge is 2.14. The minimum absolute atomic E-state index is 0.00929. The molecule has 1 aliphatic heterocycles. The van der Waals surface area contributed by atoms with Gasteiger partial charge in [0.2, 0.25) is 0 Å². The van der Waals surface area contributed by atoms with Crippen molar-refractivity contribution in [2.45, 2.75) is 31.0 Å². The van der Waals surface area contributed by atoms with E-state index in [0.717, 1.165) is 39.3 Å². The molecule has 4 rings (SSSR count). The van der Waals surface area contributed by atoms with E-state index in [1.54, 1.807) is 4.57 Å². The van der Waals surface area contributed by atoms with Crippen molar-refractivity contribution in [3.8, 4) is 0 Å². The smallest absolute Gasteiger partial charge is 0.262 e. The highest BCUT2D eigenvalue weighted by atomic mass is 32.2. The van der Waals surface area contributed by atoms with Gasteiger partial charge >= 0.3 is 0 Å². The SMILES string of the molecule is O=C(CCCSc1nc2ccccc2c(=O)n1CCCN1CCOCC1)c1ccc(F)cc1. The van der Waals surface area contributed by atoms with Gasteiger partial charge in [-0.2, -0.15) is 0 Å². The fourth-order valence-electron chi connectivity index (χ4n) is 3.91. The third kappa shape index (κ3) is 6.28. The number of ether oxygens (including phenoxy) is 1. The van der Waals surface area contributed by atoms with Crippen LogP contribution in [0.2, 0.25) is 0 Å². The molecule has 33 heavy (non-hydrogen) atoms. The summed E-state index contributed by atoms with van der Waals surface area (Å²) in [4.78, 5) is 32.6. The van der Waals surface area contributed by atoms with Crippen LogP contribution in [0.4, 0.5) is 4.39 Å². The van der Waals surface area contributed by atoms with Gasteiger partial charge in [0, 0.05) is 43.9 Å². The van der Waals surface area contributed by atoms with Crippen molar-refractivity contribution in [2.75, 3.05) is 38.6 Å². The monoisotopic (exact) mass is 469 g/mol. The van der Waals surface area contributed by atoms with Crippen LogP contribution in [0.3, 0.4) is 0 Å². The van der Waals surface area contributed by atoms with Crippen molar-refractivity contribution < 1.29 is 13.9 Å². The summed E-state index contributed by atoms with van der Waals surface area (Å²) in [6.07, 6.45) is 1.88. The molecule has 0 aliphatic carbocycles. The molecule has 8 heteroatoms. The third-order valence-electron chi connectivity index (χ3n) is 5.73. The fourth-order valence-corrected chi connectivity index (χ4v) is 4.87. The van der Waals surface area contributed by atoms with Gasteiger partial charge < -0.3 is 4.74 Å². The zero-order valence-corrected chi connectivity index (χ0v) is 19.4.